The molecular formula is C18H17FN4O2S. The summed E-state index contributed by atoms with van der Waals surface area (Å²) in [6.45, 7) is 3.67. The molecule has 26 heavy (non-hydrogen) atoms. The van der Waals surface area contributed by atoms with Crippen molar-refractivity contribution in [3.05, 3.63) is 68.8 Å². The van der Waals surface area contributed by atoms with Gasteiger partial charge in [0.05, 0.1) is 17.9 Å². The van der Waals surface area contributed by atoms with E-state index in [1.807, 2.05) is 6.92 Å². The summed E-state index contributed by atoms with van der Waals surface area (Å²) in [7, 11) is 0. The molecule has 0 unspecified atom stereocenters. The highest BCUT2D eigenvalue weighted by Gasteiger charge is 2.13. The number of aryl methyl sites for hydroxylation is 2. The molecule has 6 nitrogen and oxygen atoms in total. The molecule has 0 saturated heterocycles. The number of nitrogens with zero attached hydrogens (tertiary/aromatic N) is 3. The van der Waals surface area contributed by atoms with Crippen molar-refractivity contribution in [2.75, 3.05) is 0 Å². The van der Waals surface area contributed by atoms with Gasteiger partial charge in [-0.1, -0.05) is 12.1 Å². The summed E-state index contributed by atoms with van der Waals surface area (Å²) in [6, 6.07) is 9.42. The third-order valence-electron chi connectivity index (χ3n) is 3.74. The first-order valence-electron chi connectivity index (χ1n) is 7.96. The Balaban J connectivity index is 1.68. The Labute approximate surface area is 153 Å². The molecule has 1 amide bonds. The molecule has 0 aliphatic rings. The molecule has 0 bridgehead atoms. The van der Waals surface area contributed by atoms with Crippen molar-refractivity contribution in [3.63, 3.8) is 0 Å². The van der Waals surface area contributed by atoms with Crippen LogP contribution in [0.15, 0.2) is 41.2 Å². The minimum Gasteiger partial charge on any atom is -0.350 e. The summed E-state index contributed by atoms with van der Waals surface area (Å²) in [5.41, 5.74) is 1.50. The fourth-order valence-corrected chi connectivity index (χ4v) is 3.41. The van der Waals surface area contributed by atoms with Crippen LogP contribution in [0.4, 0.5) is 4.39 Å². The molecule has 8 heteroatoms. The third kappa shape index (κ3) is 4.02. The van der Waals surface area contributed by atoms with Gasteiger partial charge < -0.3 is 5.32 Å². The number of thiazole rings is 1. The highest BCUT2D eigenvalue weighted by molar-refractivity contribution is 7.15. The average molecular weight is 372 g/mol. The molecule has 1 N–H and O–H groups in total. The van der Waals surface area contributed by atoms with Crippen LogP contribution in [0.5, 0.6) is 0 Å². The van der Waals surface area contributed by atoms with Gasteiger partial charge in [-0.3, -0.25) is 9.59 Å². The molecule has 1 aromatic carbocycles. The van der Waals surface area contributed by atoms with E-state index in [0.29, 0.717) is 16.3 Å². The van der Waals surface area contributed by atoms with E-state index in [1.54, 1.807) is 31.2 Å². The maximum atomic E-state index is 13.9. The normalized spacial score (nSPS) is 10.7. The number of halogens is 1. The molecule has 134 valence electrons. The van der Waals surface area contributed by atoms with Crippen LogP contribution in [0.25, 0.3) is 10.6 Å². The number of nitrogens with one attached hydrogen (secondary N) is 1. The monoisotopic (exact) mass is 372 g/mol. The Morgan fingerprint density at radius 2 is 2.00 bits per heavy atom. The van der Waals surface area contributed by atoms with E-state index in [-0.39, 0.29) is 30.4 Å². The number of carbonyl (C=O) groups is 1. The highest BCUT2D eigenvalue weighted by atomic mass is 32.1. The van der Waals surface area contributed by atoms with Crippen LogP contribution in [0.1, 0.15) is 16.3 Å². The molecule has 2 heterocycles. The Kier molecular flexibility index (Phi) is 5.22. The fraction of sp³-hybridized carbons (Fsp3) is 0.222. The molecule has 2 aromatic heterocycles. The minimum atomic E-state index is -0.332. The SMILES string of the molecule is Cc1ccc(=O)n(CC(=O)NCc2sc(-c3ccccc3F)nc2C)n1. The average Bonchev–Trinajstić information content (AvgIpc) is 2.97. The number of rotatable bonds is 5. The minimum absolute atomic E-state index is 0.154. The Bertz CT molecular complexity index is 1010. The van der Waals surface area contributed by atoms with Crippen molar-refractivity contribution in [2.45, 2.75) is 26.9 Å². The van der Waals surface area contributed by atoms with E-state index in [2.05, 4.69) is 15.4 Å². The number of hydrogen-bond acceptors (Lipinski definition) is 5. The van der Waals surface area contributed by atoms with E-state index >= 15 is 0 Å². The van der Waals surface area contributed by atoms with Gasteiger partial charge in [0.15, 0.2) is 0 Å². The topological polar surface area (TPSA) is 76.9 Å². The molecule has 0 aliphatic carbocycles. The van der Waals surface area contributed by atoms with Crippen LogP contribution in [-0.2, 0) is 17.9 Å². The molecule has 0 fully saturated rings. The first kappa shape index (κ1) is 17.9. The molecule has 0 radical (unpaired) electrons. The summed E-state index contributed by atoms with van der Waals surface area (Å²) < 4.78 is 15.0. The molecule has 0 aliphatic heterocycles. The molecule has 3 rings (SSSR count). The van der Waals surface area contributed by atoms with Crippen LogP contribution in [-0.4, -0.2) is 20.7 Å². The van der Waals surface area contributed by atoms with E-state index in [0.717, 1.165) is 15.3 Å². The number of hydrogen-bond donors (Lipinski definition) is 1. The van der Waals surface area contributed by atoms with Gasteiger partial charge in [0.1, 0.15) is 17.4 Å². The standard InChI is InChI=1S/C18H17FN4O2S/c1-11-7-8-17(25)23(22-11)10-16(24)20-9-15-12(2)21-18(26-15)13-5-3-4-6-14(13)19/h3-8H,9-10H2,1-2H3,(H,20,24). The first-order chi connectivity index (χ1) is 12.4. The van der Waals surface area contributed by atoms with E-state index in [4.69, 9.17) is 0 Å². The van der Waals surface area contributed by atoms with Gasteiger partial charge in [-0.05, 0) is 32.0 Å². The number of carbonyl (C=O) groups excluding carboxylic acids is 1. The van der Waals surface area contributed by atoms with Gasteiger partial charge in [-0.15, -0.1) is 11.3 Å². The van der Waals surface area contributed by atoms with Gasteiger partial charge in [0.2, 0.25) is 5.91 Å². The number of benzene rings is 1. The summed E-state index contributed by atoms with van der Waals surface area (Å²) in [6.07, 6.45) is 0. The largest absolute Gasteiger partial charge is 0.350 e. The molecule has 0 saturated carbocycles. The van der Waals surface area contributed by atoms with Crippen molar-refractivity contribution in [3.8, 4) is 10.6 Å². The van der Waals surface area contributed by atoms with Crippen LogP contribution in [0, 0.1) is 19.7 Å². The summed E-state index contributed by atoms with van der Waals surface area (Å²) in [4.78, 5) is 29.0. The lowest BCUT2D eigenvalue weighted by Crippen LogP contribution is -2.33. The zero-order valence-corrected chi connectivity index (χ0v) is 15.1. The Hall–Kier alpha value is -2.87. The van der Waals surface area contributed by atoms with Gasteiger partial charge in [0.25, 0.3) is 5.56 Å². The zero-order valence-electron chi connectivity index (χ0n) is 14.3. The molecule has 0 atom stereocenters. The second-order valence-electron chi connectivity index (χ2n) is 5.75. The lowest BCUT2D eigenvalue weighted by molar-refractivity contribution is -0.122. The van der Waals surface area contributed by atoms with Crippen LogP contribution in [0.3, 0.4) is 0 Å². The third-order valence-corrected chi connectivity index (χ3v) is 4.93. The maximum absolute atomic E-state index is 13.9. The van der Waals surface area contributed by atoms with Crippen molar-refractivity contribution in [2.24, 2.45) is 0 Å². The number of aromatic nitrogens is 3. The molecular weight excluding hydrogens is 355 g/mol. The molecule has 0 spiro atoms. The van der Waals surface area contributed by atoms with Crippen LogP contribution >= 0.6 is 11.3 Å². The summed E-state index contributed by atoms with van der Waals surface area (Å²) in [5.74, 6) is -0.660. The predicted octanol–water partition coefficient (Wildman–Crippen LogP) is 2.44. The second kappa shape index (κ2) is 7.57. The first-order valence-corrected chi connectivity index (χ1v) is 8.78. The Morgan fingerprint density at radius 3 is 2.77 bits per heavy atom. The highest BCUT2D eigenvalue weighted by Crippen LogP contribution is 2.29. The van der Waals surface area contributed by atoms with Crippen molar-refractivity contribution in [1.82, 2.24) is 20.1 Å². The van der Waals surface area contributed by atoms with Gasteiger partial charge >= 0.3 is 0 Å². The van der Waals surface area contributed by atoms with E-state index in [1.165, 1.54) is 23.5 Å². The van der Waals surface area contributed by atoms with Crippen molar-refractivity contribution < 1.29 is 9.18 Å². The number of amides is 1. The quantitative estimate of drug-likeness (QED) is 0.746. The van der Waals surface area contributed by atoms with Crippen molar-refractivity contribution in [1.29, 1.82) is 0 Å². The van der Waals surface area contributed by atoms with Crippen LogP contribution in [0.2, 0.25) is 0 Å². The Morgan fingerprint density at radius 1 is 1.23 bits per heavy atom. The van der Waals surface area contributed by atoms with E-state index in [9.17, 15) is 14.0 Å². The van der Waals surface area contributed by atoms with Gasteiger partial charge in [-0.25, -0.2) is 14.1 Å². The molecule has 3 aromatic rings. The van der Waals surface area contributed by atoms with E-state index < -0.39 is 0 Å². The van der Waals surface area contributed by atoms with Gasteiger partial charge in [0, 0.05) is 16.5 Å². The van der Waals surface area contributed by atoms with Crippen molar-refractivity contribution >= 4 is 17.2 Å². The summed E-state index contributed by atoms with van der Waals surface area (Å²) >= 11 is 1.33. The second-order valence-corrected chi connectivity index (χ2v) is 6.84. The lowest BCUT2D eigenvalue weighted by atomic mass is 10.2. The predicted molar refractivity (Wildman–Crippen MR) is 97.3 cm³/mol. The summed E-state index contributed by atoms with van der Waals surface area (Å²) in [5, 5.41) is 7.35. The smallest absolute Gasteiger partial charge is 0.267 e. The van der Waals surface area contributed by atoms with Gasteiger partial charge in [-0.2, -0.15) is 5.10 Å². The fourth-order valence-electron chi connectivity index (χ4n) is 2.38. The lowest BCUT2D eigenvalue weighted by Gasteiger charge is -2.06. The zero-order chi connectivity index (χ0) is 18.7. The maximum Gasteiger partial charge on any atom is 0.267 e. The van der Waals surface area contributed by atoms with Crippen LogP contribution < -0.4 is 10.9 Å².